The molecule has 0 N–H and O–H groups in total. The van der Waals surface area contributed by atoms with E-state index in [2.05, 4.69) is 57.5 Å². The maximum absolute atomic E-state index is 4.16. The summed E-state index contributed by atoms with van der Waals surface area (Å²) in [5.74, 6) is 0.611. The number of aromatic nitrogens is 2. The van der Waals surface area contributed by atoms with E-state index in [9.17, 15) is 0 Å². The molecule has 25 heavy (non-hydrogen) atoms. The fourth-order valence-corrected chi connectivity index (χ4v) is 3.90. The molecule has 2 aliphatic carbocycles. The number of hydrogen-bond acceptors (Lipinski definition) is 3. The van der Waals surface area contributed by atoms with Crippen LogP contribution in [0.5, 0.6) is 0 Å². The summed E-state index contributed by atoms with van der Waals surface area (Å²) in [5.41, 5.74) is 5.47. The first kappa shape index (κ1) is 16.1. The summed E-state index contributed by atoms with van der Waals surface area (Å²) in [5, 5.41) is 0. The summed E-state index contributed by atoms with van der Waals surface area (Å²) in [7, 11) is 0. The molecule has 1 atom stereocenters. The third-order valence-corrected chi connectivity index (χ3v) is 5.24. The monoisotopic (exact) mass is 331 g/mol. The Labute approximate surface area is 150 Å². The molecular weight excluding hydrogens is 306 g/mol. The van der Waals surface area contributed by atoms with Crippen molar-refractivity contribution in [3.8, 4) is 0 Å². The minimum Gasteiger partial charge on any atom is -0.373 e. The molecular formula is C22H25N3. The van der Waals surface area contributed by atoms with Gasteiger partial charge in [0.2, 0.25) is 0 Å². The molecule has 1 unspecified atom stereocenters. The van der Waals surface area contributed by atoms with Gasteiger partial charge in [-0.05, 0) is 67.0 Å². The standard InChI is InChI=1S/C22H25N3/c1-2-6-19(7-3-1)20-9-11-25(12-10-20)16-18-5-4-8-21(13-18)22-14-23-17-24-15-22/h1-2,7,9-11,13-15,17-18H,3-6,8,12,16H2. The van der Waals surface area contributed by atoms with Crippen LogP contribution in [0.4, 0.5) is 0 Å². The van der Waals surface area contributed by atoms with Crippen molar-refractivity contribution in [2.75, 3.05) is 13.1 Å². The minimum absolute atomic E-state index is 0.611. The Balaban J connectivity index is 1.38. The van der Waals surface area contributed by atoms with Crippen molar-refractivity contribution < 1.29 is 0 Å². The second-order valence-corrected chi connectivity index (χ2v) is 7.04. The predicted molar refractivity (Wildman–Crippen MR) is 103 cm³/mol. The quantitative estimate of drug-likeness (QED) is 0.749. The average molecular weight is 331 g/mol. The van der Waals surface area contributed by atoms with Crippen molar-refractivity contribution >= 4 is 5.57 Å². The van der Waals surface area contributed by atoms with E-state index < -0.39 is 0 Å². The van der Waals surface area contributed by atoms with Gasteiger partial charge in [0.1, 0.15) is 6.33 Å². The molecule has 0 saturated heterocycles. The molecule has 0 amide bonds. The largest absolute Gasteiger partial charge is 0.373 e. The smallest absolute Gasteiger partial charge is 0.115 e. The van der Waals surface area contributed by atoms with Gasteiger partial charge in [0.15, 0.2) is 0 Å². The number of nitrogens with zero attached hydrogens (tertiary/aromatic N) is 3. The lowest BCUT2D eigenvalue weighted by atomic mass is 9.87. The van der Waals surface area contributed by atoms with Crippen molar-refractivity contribution in [3.63, 3.8) is 0 Å². The van der Waals surface area contributed by atoms with Crippen molar-refractivity contribution in [2.24, 2.45) is 5.92 Å². The highest BCUT2D eigenvalue weighted by molar-refractivity contribution is 5.65. The zero-order valence-electron chi connectivity index (χ0n) is 14.6. The van der Waals surface area contributed by atoms with Crippen LogP contribution in [-0.4, -0.2) is 28.0 Å². The summed E-state index contributed by atoms with van der Waals surface area (Å²) in [6.45, 7) is 2.11. The van der Waals surface area contributed by atoms with Gasteiger partial charge in [-0.1, -0.05) is 30.4 Å². The summed E-state index contributed by atoms with van der Waals surface area (Å²) >= 11 is 0. The summed E-state index contributed by atoms with van der Waals surface area (Å²) < 4.78 is 0. The van der Waals surface area contributed by atoms with E-state index in [0.717, 1.165) is 32.4 Å². The third-order valence-electron chi connectivity index (χ3n) is 5.24. The fraction of sp³-hybridized carbons (Fsp3) is 0.364. The molecule has 4 rings (SSSR count). The molecule has 128 valence electrons. The molecule has 0 radical (unpaired) electrons. The summed E-state index contributed by atoms with van der Waals surface area (Å²) in [6.07, 6.45) is 27.5. The van der Waals surface area contributed by atoms with Crippen molar-refractivity contribution in [2.45, 2.75) is 32.1 Å². The van der Waals surface area contributed by atoms with E-state index in [1.165, 1.54) is 35.1 Å². The lowest BCUT2D eigenvalue weighted by Crippen LogP contribution is -2.27. The molecule has 1 aromatic rings. The molecule has 0 aromatic carbocycles. The zero-order chi connectivity index (χ0) is 16.9. The molecule has 0 saturated carbocycles. The van der Waals surface area contributed by atoms with Crippen LogP contribution < -0.4 is 0 Å². The molecule has 0 bridgehead atoms. The van der Waals surface area contributed by atoms with Gasteiger partial charge < -0.3 is 4.90 Å². The van der Waals surface area contributed by atoms with Crippen molar-refractivity contribution in [1.29, 1.82) is 0 Å². The Kier molecular flexibility index (Phi) is 4.91. The highest BCUT2D eigenvalue weighted by Crippen LogP contribution is 2.30. The van der Waals surface area contributed by atoms with Crippen LogP contribution in [0.3, 0.4) is 0 Å². The number of allylic oxidation sites excluding steroid dienone is 7. The van der Waals surface area contributed by atoms with Gasteiger partial charge in [-0.15, -0.1) is 0 Å². The van der Waals surface area contributed by atoms with Gasteiger partial charge >= 0.3 is 0 Å². The van der Waals surface area contributed by atoms with Crippen LogP contribution in [0.15, 0.2) is 72.5 Å². The fourth-order valence-electron chi connectivity index (χ4n) is 3.90. The molecule has 0 spiro atoms. The topological polar surface area (TPSA) is 29.0 Å². The molecule has 0 fully saturated rings. The molecule has 3 heteroatoms. The molecule has 3 nitrogen and oxygen atoms in total. The molecule has 2 heterocycles. The van der Waals surface area contributed by atoms with Gasteiger partial charge in [-0.3, -0.25) is 0 Å². The van der Waals surface area contributed by atoms with Crippen molar-refractivity contribution in [1.82, 2.24) is 14.9 Å². The van der Waals surface area contributed by atoms with Crippen LogP contribution in [-0.2, 0) is 0 Å². The first-order valence-corrected chi connectivity index (χ1v) is 9.31. The summed E-state index contributed by atoms with van der Waals surface area (Å²) in [6, 6.07) is 0. The van der Waals surface area contributed by atoms with Gasteiger partial charge in [0.05, 0.1) is 0 Å². The van der Waals surface area contributed by atoms with Gasteiger partial charge in [0, 0.05) is 31.0 Å². The maximum atomic E-state index is 4.16. The van der Waals surface area contributed by atoms with Gasteiger partial charge in [-0.2, -0.15) is 0 Å². The van der Waals surface area contributed by atoms with Crippen LogP contribution in [0.1, 0.15) is 37.7 Å². The lowest BCUT2D eigenvalue weighted by molar-refractivity contribution is 0.344. The Morgan fingerprint density at radius 2 is 2.00 bits per heavy atom. The van der Waals surface area contributed by atoms with E-state index >= 15 is 0 Å². The predicted octanol–water partition coefficient (Wildman–Crippen LogP) is 4.69. The van der Waals surface area contributed by atoms with Crippen LogP contribution >= 0.6 is 0 Å². The molecule has 1 aromatic heterocycles. The average Bonchev–Trinajstić information content (AvgIpc) is 2.70. The first-order valence-electron chi connectivity index (χ1n) is 9.31. The zero-order valence-corrected chi connectivity index (χ0v) is 14.6. The molecule has 3 aliphatic rings. The SMILES string of the molecule is C1=CCC(C2=CCN(CC3C=C(c4cncnc4)CCC3)C=C2)=CC1. The minimum atomic E-state index is 0.611. The van der Waals surface area contributed by atoms with E-state index in [1.807, 2.05) is 12.4 Å². The Morgan fingerprint density at radius 1 is 1.08 bits per heavy atom. The lowest BCUT2D eigenvalue weighted by Gasteiger charge is -2.29. The van der Waals surface area contributed by atoms with E-state index in [0.29, 0.717) is 5.92 Å². The van der Waals surface area contributed by atoms with Crippen LogP contribution in [0.25, 0.3) is 5.57 Å². The van der Waals surface area contributed by atoms with Crippen LogP contribution in [0.2, 0.25) is 0 Å². The second kappa shape index (κ2) is 7.64. The van der Waals surface area contributed by atoms with E-state index in [4.69, 9.17) is 0 Å². The normalized spacial score (nSPS) is 23.1. The van der Waals surface area contributed by atoms with E-state index in [-0.39, 0.29) is 0 Å². The number of hydrogen-bond donors (Lipinski definition) is 0. The Bertz CT molecular complexity index is 753. The molecule has 1 aliphatic heterocycles. The van der Waals surface area contributed by atoms with Gasteiger partial charge in [-0.25, -0.2) is 9.97 Å². The Morgan fingerprint density at radius 3 is 2.76 bits per heavy atom. The summed E-state index contributed by atoms with van der Waals surface area (Å²) in [4.78, 5) is 10.8. The maximum Gasteiger partial charge on any atom is 0.115 e. The highest BCUT2D eigenvalue weighted by atomic mass is 15.1. The highest BCUT2D eigenvalue weighted by Gasteiger charge is 2.18. The van der Waals surface area contributed by atoms with Crippen LogP contribution in [0, 0.1) is 5.92 Å². The first-order chi connectivity index (χ1) is 12.4. The number of rotatable bonds is 4. The van der Waals surface area contributed by atoms with Crippen molar-refractivity contribution in [3.05, 3.63) is 78.1 Å². The van der Waals surface area contributed by atoms with E-state index in [1.54, 1.807) is 6.33 Å². The van der Waals surface area contributed by atoms with Gasteiger partial charge in [0.25, 0.3) is 0 Å². The third kappa shape index (κ3) is 3.98. The Hall–Kier alpha value is -2.42. The second-order valence-electron chi connectivity index (χ2n) is 7.04.